The molecule has 0 bridgehead atoms. The molecule has 0 saturated carbocycles. The summed E-state index contributed by atoms with van der Waals surface area (Å²) < 4.78 is 10.3. The fraction of sp³-hybridized carbons (Fsp3) is 0.714. The first-order valence-electron chi connectivity index (χ1n) is 6.69. The summed E-state index contributed by atoms with van der Waals surface area (Å²) in [5.41, 5.74) is -0.582. The third-order valence-corrected chi connectivity index (χ3v) is 2.63. The summed E-state index contributed by atoms with van der Waals surface area (Å²) in [4.78, 5) is 22.7. The van der Waals surface area contributed by atoms with Crippen molar-refractivity contribution < 1.29 is 24.2 Å². The van der Waals surface area contributed by atoms with Gasteiger partial charge in [0.2, 0.25) is 0 Å². The van der Waals surface area contributed by atoms with Crippen molar-refractivity contribution in [2.24, 2.45) is 0 Å². The molecule has 1 aliphatic rings. The number of ether oxygens (including phenoxy) is 2. The molecular weight excluding hydrogens is 262 g/mol. The van der Waals surface area contributed by atoms with Gasteiger partial charge in [-0.05, 0) is 33.3 Å². The van der Waals surface area contributed by atoms with Crippen molar-refractivity contribution in [1.82, 2.24) is 5.32 Å². The number of nitrogens with one attached hydrogen (secondary N) is 1. The zero-order chi connectivity index (χ0) is 15.3. The zero-order valence-corrected chi connectivity index (χ0v) is 12.4. The Bertz CT molecular complexity index is 386. The SMILES string of the molecule is CC(=O)O[C@@H]1C=C[C@H](O)C[C@H](NC(=O)OC(C)(C)C)C1. The van der Waals surface area contributed by atoms with E-state index >= 15 is 0 Å². The average Bonchev–Trinajstić information content (AvgIpc) is 2.36. The van der Waals surface area contributed by atoms with Crippen LogP contribution in [0.3, 0.4) is 0 Å². The number of carbonyl (C=O) groups excluding carboxylic acids is 2. The van der Waals surface area contributed by atoms with Crippen LogP contribution in [0.25, 0.3) is 0 Å². The van der Waals surface area contributed by atoms with Crippen molar-refractivity contribution in [3.8, 4) is 0 Å². The van der Waals surface area contributed by atoms with Crippen LogP contribution in [0.4, 0.5) is 4.79 Å². The van der Waals surface area contributed by atoms with Gasteiger partial charge < -0.3 is 19.9 Å². The van der Waals surface area contributed by atoms with Gasteiger partial charge in [0.1, 0.15) is 11.7 Å². The predicted octanol–water partition coefficient (Wildman–Crippen LogP) is 1.52. The normalized spacial score (nSPS) is 26.6. The van der Waals surface area contributed by atoms with E-state index in [4.69, 9.17) is 9.47 Å². The number of hydrogen-bond donors (Lipinski definition) is 2. The third-order valence-electron chi connectivity index (χ3n) is 2.63. The molecule has 0 spiro atoms. The number of rotatable bonds is 2. The number of hydrogen-bond acceptors (Lipinski definition) is 5. The molecule has 0 unspecified atom stereocenters. The lowest BCUT2D eigenvalue weighted by Gasteiger charge is -2.24. The van der Waals surface area contributed by atoms with Crippen LogP contribution in [0.1, 0.15) is 40.5 Å². The number of esters is 1. The van der Waals surface area contributed by atoms with Gasteiger partial charge in [0.25, 0.3) is 0 Å². The van der Waals surface area contributed by atoms with Gasteiger partial charge in [0.15, 0.2) is 0 Å². The summed E-state index contributed by atoms with van der Waals surface area (Å²) in [5, 5.41) is 12.4. The molecule has 0 radical (unpaired) electrons. The van der Waals surface area contributed by atoms with E-state index in [1.165, 1.54) is 6.92 Å². The van der Waals surface area contributed by atoms with Gasteiger partial charge >= 0.3 is 12.1 Å². The highest BCUT2D eigenvalue weighted by atomic mass is 16.6. The first-order valence-corrected chi connectivity index (χ1v) is 6.69. The molecule has 0 saturated heterocycles. The Balaban J connectivity index is 2.60. The van der Waals surface area contributed by atoms with Crippen molar-refractivity contribution in [3.05, 3.63) is 12.2 Å². The highest BCUT2D eigenvalue weighted by Crippen LogP contribution is 2.17. The highest BCUT2D eigenvalue weighted by molar-refractivity contribution is 5.68. The van der Waals surface area contributed by atoms with E-state index in [0.29, 0.717) is 12.8 Å². The average molecular weight is 285 g/mol. The van der Waals surface area contributed by atoms with Gasteiger partial charge in [-0.15, -0.1) is 0 Å². The molecule has 0 aliphatic heterocycles. The van der Waals surface area contributed by atoms with Crippen molar-refractivity contribution >= 4 is 12.1 Å². The van der Waals surface area contributed by atoms with Crippen LogP contribution >= 0.6 is 0 Å². The molecule has 2 N–H and O–H groups in total. The molecule has 114 valence electrons. The fourth-order valence-electron chi connectivity index (χ4n) is 1.97. The maximum absolute atomic E-state index is 11.7. The summed E-state index contributed by atoms with van der Waals surface area (Å²) in [6.45, 7) is 6.65. The smallest absolute Gasteiger partial charge is 0.407 e. The van der Waals surface area contributed by atoms with Gasteiger partial charge in [-0.1, -0.05) is 6.08 Å². The van der Waals surface area contributed by atoms with E-state index < -0.39 is 29.9 Å². The van der Waals surface area contributed by atoms with Crippen LogP contribution in [0, 0.1) is 0 Å². The van der Waals surface area contributed by atoms with Gasteiger partial charge in [0, 0.05) is 19.4 Å². The predicted molar refractivity (Wildman–Crippen MR) is 73.1 cm³/mol. The minimum absolute atomic E-state index is 0.320. The second-order valence-corrected chi connectivity index (χ2v) is 5.91. The minimum atomic E-state index is -0.685. The van der Waals surface area contributed by atoms with Crippen molar-refractivity contribution in [3.63, 3.8) is 0 Å². The molecular formula is C14H23NO5. The molecule has 1 rings (SSSR count). The molecule has 0 aromatic heterocycles. The Hall–Kier alpha value is -1.56. The van der Waals surface area contributed by atoms with Crippen molar-refractivity contribution in [1.29, 1.82) is 0 Å². The molecule has 0 aromatic rings. The molecule has 6 heteroatoms. The molecule has 0 heterocycles. The summed E-state index contributed by atoms with van der Waals surface area (Å²) in [7, 11) is 0. The maximum Gasteiger partial charge on any atom is 0.407 e. The van der Waals surface area contributed by atoms with Gasteiger partial charge in [-0.2, -0.15) is 0 Å². The Morgan fingerprint density at radius 3 is 2.45 bits per heavy atom. The second-order valence-electron chi connectivity index (χ2n) is 5.91. The summed E-state index contributed by atoms with van der Waals surface area (Å²) >= 11 is 0. The lowest BCUT2D eigenvalue weighted by Crippen LogP contribution is -2.41. The quantitative estimate of drug-likeness (QED) is 0.593. The van der Waals surface area contributed by atoms with Crippen LogP contribution in [0.15, 0.2) is 12.2 Å². The fourth-order valence-corrected chi connectivity index (χ4v) is 1.97. The molecule has 1 amide bonds. The zero-order valence-electron chi connectivity index (χ0n) is 12.4. The standard InChI is InChI=1S/C14H23NO5/c1-9(16)19-12-6-5-11(17)7-10(8-12)15-13(18)20-14(2,3)4/h5-6,10-12,17H,7-8H2,1-4H3,(H,15,18)/t10-,11-,12+/m0/s1. The highest BCUT2D eigenvalue weighted by Gasteiger charge is 2.26. The molecule has 1 aliphatic carbocycles. The van der Waals surface area contributed by atoms with Crippen LogP contribution in [-0.4, -0.2) is 41.0 Å². The molecule has 6 nitrogen and oxygen atoms in total. The van der Waals surface area contributed by atoms with E-state index in [0.717, 1.165) is 0 Å². The van der Waals surface area contributed by atoms with Gasteiger partial charge in [0.05, 0.1) is 6.10 Å². The van der Waals surface area contributed by atoms with E-state index in [1.807, 2.05) is 0 Å². The molecule has 3 atom stereocenters. The molecule has 0 fully saturated rings. The van der Waals surface area contributed by atoms with E-state index in [1.54, 1.807) is 32.9 Å². The summed E-state index contributed by atoms with van der Waals surface area (Å²) in [6.07, 6.45) is 2.30. The minimum Gasteiger partial charge on any atom is -0.458 e. The monoisotopic (exact) mass is 285 g/mol. The number of amides is 1. The van der Waals surface area contributed by atoms with Crippen LogP contribution < -0.4 is 5.32 Å². The largest absolute Gasteiger partial charge is 0.458 e. The Labute approximate surface area is 119 Å². The lowest BCUT2D eigenvalue weighted by atomic mass is 10.1. The van der Waals surface area contributed by atoms with Crippen LogP contribution in [0.2, 0.25) is 0 Å². The summed E-state index contributed by atoms with van der Waals surface area (Å²) in [6, 6.07) is -0.320. The molecule has 0 aromatic carbocycles. The van der Waals surface area contributed by atoms with Crippen molar-refractivity contribution in [2.75, 3.05) is 0 Å². The van der Waals surface area contributed by atoms with Gasteiger partial charge in [-0.25, -0.2) is 4.79 Å². The first-order chi connectivity index (χ1) is 9.15. The van der Waals surface area contributed by atoms with E-state index in [2.05, 4.69) is 5.32 Å². The third kappa shape index (κ3) is 6.56. The van der Waals surface area contributed by atoms with Gasteiger partial charge in [-0.3, -0.25) is 4.79 Å². The Kier molecular flexibility index (Phi) is 5.56. The first kappa shape index (κ1) is 16.5. The second kappa shape index (κ2) is 6.74. The molecule has 20 heavy (non-hydrogen) atoms. The number of aliphatic hydroxyl groups excluding tert-OH is 1. The number of aliphatic hydroxyl groups is 1. The summed E-state index contributed by atoms with van der Waals surface area (Å²) in [5.74, 6) is -0.396. The maximum atomic E-state index is 11.7. The Morgan fingerprint density at radius 1 is 1.25 bits per heavy atom. The van der Waals surface area contributed by atoms with Crippen LogP contribution in [0.5, 0.6) is 0 Å². The topological polar surface area (TPSA) is 84.9 Å². The number of alkyl carbamates (subject to hydrolysis) is 1. The Morgan fingerprint density at radius 2 is 1.90 bits per heavy atom. The van der Waals surface area contributed by atoms with Crippen molar-refractivity contribution in [2.45, 2.75) is 64.4 Å². The number of carbonyl (C=O) groups is 2. The van der Waals surface area contributed by atoms with E-state index in [-0.39, 0.29) is 6.04 Å². The van der Waals surface area contributed by atoms with Crippen LogP contribution in [-0.2, 0) is 14.3 Å². The lowest BCUT2D eigenvalue weighted by molar-refractivity contribution is -0.144. The van der Waals surface area contributed by atoms with E-state index in [9.17, 15) is 14.7 Å².